The molecule has 15 heteroatoms. The van der Waals surface area contributed by atoms with E-state index in [2.05, 4.69) is 25.6 Å². The number of carbonyl (C=O) groups is 1. The number of nitrogens with one attached hydrogen (secondary N) is 4. The number of H-pyrrole nitrogens is 1. The molecule has 39 heavy (non-hydrogen) atoms. The number of rotatable bonds is 8. The Balaban J connectivity index is 1.48. The van der Waals surface area contributed by atoms with Gasteiger partial charge in [0.25, 0.3) is 0 Å². The van der Waals surface area contributed by atoms with Crippen molar-refractivity contribution in [1.82, 2.24) is 14.9 Å². The van der Waals surface area contributed by atoms with Gasteiger partial charge in [-0.15, -0.1) is 0 Å². The van der Waals surface area contributed by atoms with Crippen LogP contribution in [0.3, 0.4) is 0 Å². The highest BCUT2D eigenvalue weighted by molar-refractivity contribution is 7.88. The molecule has 1 heterocycles. The van der Waals surface area contributed by atoms with Gasteiger partial charge in [0, 0.05) is 12.2 Å². The van der Waals surface area contributed by atoms with Gasteiger partial charge in [0.15, 0.2) is 5.82 Å². The third kappa shape index (κ3) is 6.74. The van der Waals surface area contributed by atoms with Crippen LogP contribution in [0.4, 0.5) is 39.5 Å². The summed E-state index contributed by atoms with van der Waals surface area (Å²) < 4.78 is 83.0. The van der Waals surface area contributed by atoms with Crippen LogP contribution in [0.2, 0.25) is 0 Å². The molecule has 0 fully saturated rings. The van der Waals surface area contributed by atoms with E-state index in [1.54, 1.807) is 36.4 Å². The van der Waals surface area contributed by atoms with E-state index >= 15 is 0 Å². The number of anilines is 3. The second-order valence-corrected chi connectivity index (χ2v) is 10.2. The van der Waals surface area contributed by atoms with Crippen LogP contribution in [-0.2, 0) is 16.2 Å². The molecule has 0 aliphatic heterocycles. The van der Waals surface area contributed by atoms with Crippen molar-refractivity contribution in [2.24, 2.45) is 0 Å². The van der Waals surface area contributed by atoms with Crippen LogP contribution in [0, 0.1) is 5.82 Å². The molecule has 0 saturated carbocycles. The van der Waals surface area contributed by atoms with E-state index in [1.807, 2.05) is 0 Å². The molecular formula is C24H22F4N6O4S. The summed E-state index contributed by atoms with van der Waals surface area (Å²) in [6.45, 7) is 0.126. The van der Waals surface area contributed by atoms with Crippen LogP contribution < -0.4 is 25.8 Å². The van der Waals surface area contributed by atoms with E-state index < -0.39 is 39.3 Å². The first-order chi connectivity index (χ1) is 18.3. The highest BCUT2D eigenvalue weighted by Crippen LogP contribution is 2.37. The first kappa shape index (κ1) is 27.7. The Hall–Kier alpha value is -4.37. The summed E-state index contributed by atoms with van der Waals surface area (Å²) >= 11 is 0. The number of nitrogen functional groups attached to an aromatic ring is 1. The van der Waals surface area contributed by atoms with Gasteiger partial charge in [-0.1, -0.05) is 12.1 Å². The predicted octanol–water partition coefficient (Wildman–Crippen LogP) is 4.54. The lowest BCUT2D eigenvalue weighted by Crippen LogP contribution is -2.26. The average Bonchev–Trinajstić information content (AvgIpc) is 3.24. The average molecular weight is 567 g/mol. The van der Waals surface area contributed by atoms with E-state index in [9.17, 15) is 30.8 Å². The normalized spacial score (nSPS) is 11.9. The van der Waals surface area contributed by atoms with Crippen LogP contribution in [0.25, 0.3) is 22.0 Å². The number of carbonyl (C=O) groups excluding carboxylic acids is 1. The number of ether oxygens (including phenoxy) is 1. The molecule has 0 atom stereocenters. The van der Waals surface area contributed by atoms with Gasteiger partial charge in [-0.2, -0.15) is 18.3 Å². The Morgan fingerprint density at radius 2 is 1.79 bits per heavy atom. The van der Waals surface area contributed by atoms with Gasteiger partial charge in [-0.3, -0.25) is 5.10 Å². The van der Waals surface area contributed by atoms with Gasteiger partial charge in [0.05, 0.1) is 22.9 Å². The zero-order valence-electron chi connectivity index (χ0n) is 20.2. The summed E-state index contributed by atoms with van der Waals surface area (Å²) in [6, 6.07) is 10.6. The number of hydrogen-bond acceptors (Lipinski definition) is 6. The Bertz CT molecular complexity index is 1620. The molecule has 3 aromatic carbocycles. The molecule has 0 spiro atoms. The highest BCUT2D eigenvalue weighted by Gasteiger charge is 2.31. The van der Waals surface area contributed by atoms with Crippen molar-refractivity contribution in [2.45, 2.75) is 6.18 Å². The topological polar surface area (TPSA) is 151 Å². The van der Waals surface area contributed by atoms with Gasteiger partial charge in [-0.05, 0) is 53.6 Å². The molecule has 4 aromatic rings. The van der Waals surface area contributed by atoms with Crippen molar-refractivity contribution in [3.8, 4) is 16.9 Å². The second-order valence-electron chi connectivity index (χ2n) is 8.33. The largest absolute Gasteiger partial charge is 0.490 e. The summed E-state index contributed by atoms with van der Waals surface area (Å²) in [5, 5.41) is 11.9. The van der Waals surface area contributed by atoms with E-state index in [0.717, 1.165) is 6.26 Å². The van der Waals surface area contributed by atoms with Crippen molar-refractivity contribution < 1.29 is 35.5 Å². The lowest BCUT2D eigenvalue weighted by molar-refractivity contribution is -0.137. The monoisotopic (exact) mass is 566 g/mol. The van der Waals surface area contributed by atoms with Crippen LogP contribution >= 0.6 is 0 Å². The number of benzene rings is 3. The maximum Gasteiger partial charge on any atom is 0.416 e. The highest BCUT2D eigenvalue weighted by atomic mass is 32.2. The minimum Gasteiger partial charge on any atom is -0.490 e. The number of alkyl halides is 3. The van der Waals surface area contributed by atoms with Gasteiger partial charge >= 0.3 is 12.2 Å². The molecule has 0 unspecified atom stereocenters. The number of sulfonamides is 1. The van der Waals surface area contributed by atoms with Crippen molar-refractivity contribution in [3.63, 3.8) is 0 Å². The molecular weight excluding hydrogens is 544 g/mol. The minimum atomic E-state index is -4.69. The molecule has 206 valence electrons. The van der Waals surface area contributed by atoms with Gasteiger partial charge in [0.2, 0.25) is 10.0 Å². The number of aromatic nitrogens is 2. The fourth-order valence-electron chi connectivity index (χ4n) is 3.70. The maximum atomic E-state index is 13.9. The van der Waals surface area contributed by atoms with Crippen molar-refractivity contribution in [2.75, 3.05) is 35.8 Å². The summed E-state index contributed by atoms with van der Waals surface area (Å²) in [5.74, 6) is -0.413. The number of hydrogen-bond donors (Lipinski definition) is 5. The van der Waals surface area contributed by atoms with Crippen LogP contribution in [0.1, 0.15) is 5.56 Å². The quantitative estimate of drug-likeness (QED) is 0.156. The zero-order valence-corrected chi connectivity index (χ0v) is 21.0. The number of amides is 2. The summed E-state index contributed by atoms with van der Waals surface area (Å²) in [7, 11) is -3.35. The third-order valence-corrected chi connectivity index (χ3v) is 6.16. The SMILES string of the molecule is CS(=O)(=O)NCCOc1ccc(-c2ccc(NC(=O)Nc3cc(C(F)(F)F)ccc3F)cc2)c2c(N)n[nH]c12. The molecule has 0 aliphatic rings. The first-order valence-corrected chi connectivity index (χ1v) is 13.1. The Morgan fingerprint density at radius 3 is 2.46 bits per heavy atom. The van der Waals surface area contributed by atoms with E-state index in [1.165, 1.54) is 0 Å². The molecule has 6 N–H and O–H groups in total. The molecule has 0 aliphatic carbocycles. The number of urea groups is 1. The van der Waals surface area contributed by atoms with E-state index in [4.69, 9.17) is 10.5 Å². The van der Waals surface area contributed by atoms with Gasteiger partial charge in [-0.25, -0.2) is 22.3 Å². The Morgan fingerprint density at radius 1 is 1.08 bits per heavy atom. The van der Waals surface area contributed by atoms with Crippen LogP contribution in [-0.4, -0.2) is 44.1 Å². The van der Waals surface area contributed by atoms with Crippen LogP contribution in [0.15, 0.2) is 54.6 Å². The molecule has 0 bridgehead atoms. The number of nitrogens with two attached hydrogens (primary N) is 1. The lowest BCUT2D eigenvalue weighted by atomic mass is 10.0. The molecule has 0 saturated heterocycles. The van der Waals surface area contributed by atoms with Crippen molar-refractivity contribution in [1.29, 1.82) is 0 Å². The zero-order chi connectivity index (χ0) is 28.4. The molecule has 0 radical (unpaired) electrons. The van der Waals surface area contributed by atoms with E-state index in [0.29, 0.717) is 51.7 Å². The lowest BCUT2D eigenvalue weighted by Gasteiger charge is -2.13. The molecule has 10 nitrogen and oxygen atoms in total. The third-order valence-electron chi connectivity index (χ3n) is 5.43. The van der Waals surface area contributed by atoms with Crippen LogP contribution in [0.5, 0.6) is 5.75 Å². The second kappa shape index (κ2) is 10.8. The smallest absolute Gasteiger partial charge is 0.416 e. The Kier molecular flexibility index (Phi) is 7.65. The molecule has 4 rings (SSSR count). The number of halogens is 4. The minimum absolute atomic E-state index is 0.0628. The predicted molar refractivity (Wildman–Crippen MR) is 138 cm³/mol. The Labute approximate surface area is 219 Å². The summed E-state index contributed by atoms with van der Waals surface area (Å²) in [4.78, 5) is 12.3. The van der Waals surface area contributed by atoms with E-state index in [-0.39, 0.29) is 19.0 Å². The summed E-state index contributed by atoms with van der Waals surface area (Å²) in [5.41, 5.74) is 6.49. The standard InChI is InChI=1S/C24H22F4N6O4S/c1-39(36,37)30-10-11-38-19-9-7-16(20-21(19)33-34-22(20)29)13-2-5-15(6-3-13)31-23(35)32-18-12-14(24(26,27)28)4-8-17(18)25/h2-9,12,30H,10-11H2,1H3,(H3,29,33,34)(H2,31,32,35). The van der Waals surface area contributed by atoms with Crippen molar-refractivity contribution >= 4 is 44.1 Å². The number of nitrogens with zero attached hydrogens (tertiary/aromatic N) is 1. The molecule has 2 amide bonds. The van der Waals surface area contributed by atoms with Gasteiger partial charge < -0.3 is 21.1 Å². The van der Waals surface area contributed by atoms with Gasteiger partial charge in [0.1, 0.15) is 23.7 Å². The summed E-state index contributed by atoms with van der Waals surface area (Å²) in [6.07, 6.45) is -3.65. The molecule has 1 aromatic heterocycles. The number of aromatic amines is 1. The first-order valence-electron chi connectivity index (χ1n) is 11.2. The van der Waals surface area contributed by atoms with Crippen molar-refractivity contribution in [3.05, 3.63) is 66.0 Å². The fraction of sp³-hybridized carbons (Fsp3) is 0.167. The fourth-order valence-corrected chi connectivity index (χ4v) is 4.15. The number of fused-ring (bicyclic) bond motifs is 1. The maximum absolute atomic E-state index is 13.9.